The van der Waals surface area contributed by atoms with E-state index in [0.29, 0.717) is 0 Å². The highest BCUT2D eigenvalue weighted by Crippen LogP contribution is 2.07. The Bertz CT molecular complexity index is 710. The second kappa shape index (κ2) is 6.10. The lowest BCUT2D eigenvalue weighted by Gasteiger charge is -2.17. The molecular weight excluding hydrogens is 284 g/mol. The highest BCUT2D eigenvalue weighted by molar-refractivity contribution is 6.95. The van der Waals surface area contributed by atoms with Crippen LogP contribution in [0.1, 0.15) is 0 Å². The molecule has 3 aromatic rings. The average molecular weight is 296 g/mol. The van der Waals surface area contributed by atoms with E-state index in [4.69, 9.17) is 0 Å². The molecule has 0 heterocycles. The summed E-state index contributed by atoms with van der Waals surface area (Å²) in [6.45, 7) is -0.622. The molecule has 3 rings (SSSR count). The lowest BCUT2D eigenvalue weighted by atomic mass is 9.36. The molecule has 108 valence electrons. The maximum Gasteiger partial charge on any atom is 0.248 e. The van der Waals surface area contributed by atoms with Crippen LogP contribution in [0.25, 0.3) is 0 Å². The summed E-state index contributed by atoms with van der Waals surface area (Å²) in [5.74, 6) is -2.68. The van der Waals surface area contributed by atoms with Crippen molar-refractivity contribution in [2.45, 2.75) is 0 Å². The molecule has 0 aliphatic heterocycles. The molecule has 0 unspecified atom stereocenters. The molecule has 0 fully saturated rings. The Kier molecular flexibility index (Phi) is 4.01. The third-order valence-electron chi connectivity index (χ3n) is 3.60. The van der Waals surface area contributed by atoms with E-state index in [0.717, 1.165) is 23.1 Å². The van der Waals surface area contributed by atoms with Gasteiger partial charge in [-0.25, -0.2) is 13.2 Å². The topological polar surface area (TPSA) is 0 Å². The molecule has 0 aliphatic rings. The first-order valence-electron chi connectivity index (χ1n) is 6.91. The van der Waals surface area contributed by atoms with Gasteiger partial charge in [-0.1, -0.05) is 71.6 Å². The fraction of sp³-hybridized carbons (Fsp3) is 0. The predicted molar refractivity (Wildman–Crippen MR) is 83.9 cm³/mol. The van der Waals surface area contributed by atoms with Gasteiger partial charge in [-0.2, -0.15) is 0 Å². The summed E-state index contributed by atoms with van der Waals surface area (Å²) in [5, 5.41) is 0. The van der Waals surface area contributed by atoms with Crippen LogP contribution >= 0.6 is 0 Å². The molecule has 0 nitrogen and oxygen atoms in total. The van der Waals surface area contributed by atoms with Gasteiger partial charge in [-0.05, 0) is 0 Å². The van der Waals surface area contributed by atoms with Crippen molar-refractivity contribution in [2.75, 3.05) is 0 Å². The van der Waals surface area contributed by atoms with Crippen LogP contribution in [-0.2, 0) is 0 Å². The molecule has 0 aliphatic carbocycles. The smallest absolute Gasteiger partial charge is 0.207 e. The predicted octanol–water partition coefficient (Wildman–Crippen LogP) is 2.62. The number of benzene rings is 3. The molecule has 0 N–H and O–H groups in total. The molecule has 0 saturated carbocycles. The minimum Gasteiger partial charge on any atom is -0.207 e. The summed E-state index contributed by atoms with van der Waals surface area (Å²) in [6, 6.07) is 19.6. The van der Waals surface area contributed by atoms with Crippen molar-refractivity contribution in [1.29, 1.82) is 0 Å². The van der Waals surface area contributed by atoms with Gasteiger partial charge in [-0.15, -0.1) is 0 Å². The molecule has 0 radical (unpaired) electrons. The van der Waals surface area contributed by atoms with E-state index in [2.05, 4.69) is 0 Å². The molecule has 0 saturated heterocycles. The average Bonchev–Trinajstić information content (AvgIpc) is 2.52. The van der Waals surface area contributed by atoms with Gasteiger partial charge >= 0.3 is 0 Å². The van der Waals surface area contributed by atoms with E-state index in [1.807, 2.05) is 36.4 Å². The van der Waals surface area contributed by atoms with Crippen LogP contribution in [0.3, 0.4) is 0 Å². The van der Waals surface area contributed by atoms with Crippen molar-refractivity contribution in [1.82, 2.24) is 0 Å². The minimum atomic E-state index is -0.918. The Morgan fingerprint density at radius 1 is 0.591 bits per heavy atom. The zero-order valence-corrected chi connectivity index (χ0v) is 11.6. The zero-order chi connectivity index (χ0) is 15.5. The molecule has 0 amide bonds. The molecule has 0 aromatic heterocycles. The molecule has 0 spiro atoms. The molecule has 0 atom stereocenters. The van der Waals surface area contributed by atoms with E-state index in [1.54, 1.807) is 24.3 Å². The van der Waals surface area contributed by atoms with Crippen molar-refractivity contribution in [3.63, 3.8) is 0 Å². The van der Waals surface area contributed by atoms with E-state index in [9.17, 15) is 13.2 Å². The minimum absolute atomic E-state index is 0.140. The summed E-state index contributed by atoms with van der Waals surface area (Å²) in [4.78, 5) is 0. The number of hydrogen-bond acceptors (Lipinski definition) is 0. The molecular formula is C18H12BF3. The van der Waals surface area contributed by atoms with Gasteiger partial charge in [-0.3, -0.25) is 0 Å². The Morgan fingerprint density at radius 2 is 1.00 bits per heavy atom. The lowest BCUT2D eigenvalue weighted by molar-refractivity contribution is 0.553. The molecule has 22 heavy (non-hydrogen) atoms. The van der Waals surface area contributed by atoms with Gasteiger partial charge in [0.05, 0.1) is 0 Å². The first-order chi connectivity index (χ1) is 10.7. The fourth-order valence-electron chi connectivity index (χ4n) is 2.65. The van der Waals surface area contributed by atoms with Crippen molar-refractivity contribution in [2.24, 2.45) is 0 Å². The number of rotatable bonds is 3. The van der Waals surface area contributed by atoms with E-state index in [-0.39, 0.29) is 5.46 Å². The summed E-state index contributed by atoms with van der Waals surface area (Å²) < 4.78 is 41.7. The number of hydrogen-bond donors (Lipinski definition) is 0. The summed E-state index contributed by atoms with van der Waals surface area (Å²) in [5.41, 5.74) is 1.36. The molecule has 0 bridgehead atoms. The fourth-order valence-corrected chi connectivity index (χ4v) is 2.65. The second-order valence-electron chi connectivity index (χ2n) is 5.04. The Balaban J connectivity index is 2.24. The SMILES string of the molecule is Fc1cc(F)c(B(c2ccccc2)c2ccccc2)c(F)c1. The first-order valence-corrected chi connectivity index (χ1v) is 6.91. The molecule has 3 aromatic carbocycles. The van der Waals surface area contributed by atoms with Gasteiger partial charge < -0.3 is 0 Å². The van der Waals surface area contributed by atoms with Crippen LogP contribution < -0.4 is 16.4 Å². The first kappa shape index (κ1) is 14.5. The van der Waals surface area contributed by atoms with Crippen molar-refractivity contribution in [3.8, 4) is 0 Å². The summed E-state index contributed by atoms with van der Waals surface area (Å²) in [7, 11) is 0. The molecule has 4 heteroatoms. The zero-order valence-electron chi connectivity index (χ0n) is 11.6. The van der Waals surface area contributed by atoms with Gasteiger partial charge in [0.15, 0.2) is 0 Å². The monoisotopic (exact) mass is 296 g/mol. The largest absolute Gasteiger partial charge is 0.248 e. The van der Waals surface area contributed by atoms with Crippen molar-refractivity contribution in [3.05, 3.63) is 90.2 Å². The third kappa shape index (κ3) is 2.77. The van der Waals surface area contributed by atoms with Crippen LogP contribution in [0, 0.1) is 17.5 Å². The van der Waals surface area contributed by atoms with Crippen molar-refractivity contribution >= 4 is 23.1 Å². The van der Waals surface area contributed by atoms with Crippen LogP contribution in [-0.4, -0.2) is 6.71 Å². The third-order valence-corrected chi connectivity index (χ3v) is 3.60. The van der Waals surface area contributed by atoms with E-state index >= 15 is 0 Å². The quantitative estimate of drug-likeness (QED) is 0.652. The van der Waals surface area contributed by atoms with Crippen LogP contribution in [0.15, 0.2) is 72.8 Å². The maximum atomic E-state index is 14.3. The van der Waals surface area contributed by atoms with Gasteiger partial charge in [0.2, 0.25) is 6.71 Å². The normalized spacial score (nSPS) is 10.5. The van der Waals surface area contributed by atoms with Gasteiger partial charge in [0, 0.05) is 17.6 Å². The Labute approximate surface area is 127 Å². The maximum absolute atomic E-state index is 14.3. The Morgan fingerprint density at radius 3 is 1.41 bits per heavy atom. The second-order valence-corrected chi connectivity index (χ2v) is 5.04. The van der Waals surface area contributed by atoms with Crippen LogP contribution in [0.2, 0.25) is 0 Å². The van der Waals surface area contributed by atoms with Crippen LogP contribution in [0.5, 0.6) is 0 Å². The number of halogens is 3. The van der Waals surface area contributed by atoms with E-state index in [1.165, 1.54) is 0 Å². The van der Waals surface area contributed by atoms with Gasteiger partial charge in [0.25, 0.3) is 0 Å². The van der Waals surface area contributed by atoms with E-state index < -0.39 is 24.2 Å². The highest BCUT2D eigenvalue weighted by atomic mass is 19.1. The Hall–Kier alpha value is -2.49. The van der Waals surface area contributed by atoms with Gasteiger partial charge in [0.1, 0.15) is 17.5 Å². The lowest BCUT2D eigenvalue weighted by Crippen LogP contribution is -2.54. The highest BCUT2D eigenvalue weighted by Gasteiger charge is 2.28. The standard InChI is InChI=1S/C18H12BF3/c20-15-11-16(21)18(17(22)12-15)19(13-7-3-1-4-8-13)14-9-5-2-6-10-14/h1-12H. The van der Waals surface area contributed by atoms with Crippen LogP contribution in [0.4, 0.5) is 13.2 Å². The van der Waals surface area contributed by atoms with Crippen molar-refractivity contribution < 1.29 is 13.2 Å². The summed E-state index contributed by atoms with van der Waals surface area (Å²) in [6.07, 6.45) is 0. The summed E-state index contributed by atoms with van der Waals surface area (Å²) >= 11 is 0.